The molecule has 0 saturated heterocycles. The molecule has 0 aliphatic rings. The van der Waals surface area contributed by atoms with Crippen LogP contribution in [-0.2, 0) is 11.5 Å². The number of carbonyl (C=O) groups is 1. The number of aromatic nitrogens is 1. The van der Waals surface area contributed by atoms with Gasteiger partial charge in [-0.25, -0.2) is 14.2 Å². The summed E-state index contributed by atoms with van der Waals surface area (Å²) in [4.78, 5) is 23.1. The molecule has 108 valence electrons. The summed E-state index contributed by atoms with van der Waals surface area (Å²) in [5.74, 6) is -0.594. The highest BCUT2D eigenvalue weighted by atomic mass is 35.5. The number of halogens is 1. The summed E-state index contributed by atoms with van der Waals surface area (Å²) in [6, 6.07) is 4.81. The molecule has 0 aliphatic carbocycles. The van der Waals surface area contributed by atoms with E-state index in [9.17, 15) is 9.59 Å². The fourth-order valence-corrected chi connectivity index (χ4v) is 1.87. The van der Waals surface area contributed by atoms with Crippen molar-refractivity contribution in [3.63, 3.8) is 0 Å². The zero-order chi connectivity index (χ0) is 14.5. The number of ether oxygens (including phenoxy) is 1. The maximum atomic E-state index is 11.7. The van der Waals surface area contributed by atoms with Crippen LogP contribution in [0.4, 0.5) is 4.79 Å². The van der Waals surface area contributed by atoms with Crippen molar-refractivity contribution in [3.8, 4) is 0 Å². The number of hydrogen-bond donors (Lipinski definition) is 1. The molecule has 7 heteroatoms. The molecule has 6 nitrogen and oxygen atoms in total. The van der Waals surface area contributed by atoms with Crippen molar-refractivity contribution in [3.05, 3.63) is 33.8 Å². The maximum Gasteiger partial charge on any atom is 0.422 e. The predicted octanol–water partition coefficient (Wildman–Crippen LogP) is 2.73. The second-order valence-corrected chi connectivity index (χ2v) is 4.69. The Morgan fingerprint density at radius 3 is 3.05 bits per heavy atom. The van der Waals surface area contributed by atoms with Crippen LogP contribution in [0.1, 0.15) is 19.8 Å². The lowest BCUT2D eigenvalue weighted by atomic mass is 10.3. The van der Waals surface area contributed by atoms with Crippen LogP contribution in [0, 0.1) is 0 Å². The quantitative estimate of drug-likeness (QED) is 0.861. The van der Waals surface area contributed by atoms with Crippen molar-refractivity contribution < 1.29 is 13.9 Å². The molecule has 1 N–H and O–H groups in total. The average molecular weight is 299 g/mol. The van der Waals surface area contributed by atoms with Gasteiger partial charge in [0.1, 0.15) is 0 Å². The Morgan fingerprint density at radius 1 is 1.50 bits per heavy atom. The van der Waals surface area contributed by atoms with E-state index in [1.165, 1.54) is 10.6 Å². The number of nitrogens with zero attached hydrogens (tertiary/aromatic N) is 1. The van der Waals surface area contributed by atoms with E-state index in [-0.39, 0.29) is 6.73 Å². The molecule has 2 aromatic rings. The van der Waals surface area contributed by atoms with Gasteiger partial charge in [0.05, 0.1) is 5.52 Å². The molecule has 0 bridgehead atoms. The standard InChI is InChI=1S/C13H15ClN2O4/c1-2-3-6-15-12(17)19-8-16-10-5-4-9(14)7-11(10)20-13(16)18/h4-5,7H,2-3,6,8H2,1H3,(H,15,17). The first-order valence-electron chi connectivity index (χ1n) is 6.31. The van der Waals surface area contributed by atoms with Crippen LogP contribution in [-0.4, -0.2) is 17.2 Å². The van der Waals surface area contributed by atoms with Crippen molar-refractivity contribution in [1.29, 1.82) is 0 Å². The first-order valence-corrected chi connectivity index (χ1v) is 6.69. The van der Waals surface area contributed by atoms with Gasteiger partial charge in [0.25, 0.3) is 0 Å². The number of fused-ring (bicyclic) bond motifs is 1. The van der Waals surface area contributed by atoms with Gasteiger partial charge in [-0.2, -0.15) is 0 Å². The van der Waals surface area contributed by atoms with Gasteiger partial charge in [-0.05, 0) is 18.6 Å². The van der Waals surface area contributed by atoms with Gasteiger partial charge >= 0.3 is 11.8 Å². The number of oxazole rings is 1. The summed E-state index contributed by atoms with van der Waals surface area (Å²) in [6.45, 7) is 2.37. The number of rotatable bonds is 5. The van der Waals surface area contributed by atoms with E-state index in [2.05, 4.69) is 5.32 Å². The van der Waals surface area contributed by atoms with Gasteiger partial charge in [-0.1, -0.05) is 24.9 Å². The van der Waals surface area contributed by atoms with E-state index in [4.69, 9.17) is 20.8 Å². The van der Waals surface area contributed by atoms with E-state index in [1.54, 1.807) is 12.1 Å². The van der Waals surface area contributed by atoms with Crippen molar-refractivity contribution in [2.75, 3.05) is 6.54 Å². The zero-order valence-electron chi connectivity index (χ0n) is 11.0. The highest BCUT2D eigenvalue weighted by molar-refractivity contribution is 6.31. The van der Waals surface area contributed by atoms with E-state index in [0.717, 1.165) is 12.8 Å². The van der Waals surface area contributed by atoms with Gasteiger partial charge in [0.2, 0.25) is 0 Å². The van der Waals surface area contributed by atoms with Crippen LogP contribution in [0.3, 0.4) is 0 Å². The number of nitrogens with one attached hydrogen (secondary N) is 1. The summed E-state index contributed by atoms with van der Waals surface area (Å²) in [6.07, 6.45) is 1.29. The third-order valence-electron chi connectivity index (χ3n) is 2.75. The minimum Gasteiger partial charge on any atom is -0.428 e. The number of alkyl carbamates (subject to hydrolysis) is 1. The number of unbranched alkanes of at least 4 members (excludes halogenated alkanes) is 1. The summed E-state index contributed by atoms with van der Waals surface area (Å²) < 4.78 is 11.2. The first kappa shape index (κ1) is 14.5. The van der Waals surface area contributed by atoms with Crippen LogP contribution < -0.4 is 11.1 Å². The van der Waals surface area contributed by atoms with Crippen LogP contribution in [0.5, 0.6) is 0 Å². The molecule has 0 fully saturated rings. The fraction of sp³-hybridized carbons (Fsp3) is 0.385. The smallest absolute Gasteiger partial charge is 0.422 e. The van der Waals surface area contributed by atoms with E-state index >= 15 is 0 Å². The van der Waals surface area contributed by atoms with E-state index < -0.39 is 11.8 Å². The molecule has 20 heavy (non-hydrogen) atoms. The minimum absolute atomic E-state index is 0.203. The van der Waals surface area contributed by atoms with E-state index in [0.29, 0.717) is 22.7 Å². The molecular formula is C13H15ClN2O4. The number of amides is 1. The lowest BCUT2D eigenvalue weighted by Crippen LogP contribution is -2.27. The fourth-order valence-electron chi connectivity index (χ4n) is 1.70. The van der Waals surface area contributed by atoms with Crippen molar-refractivity contribution in [2.45, 2.75) is 26.5 Å². The number of benzene rings is 1. The molecule has 1 aromatic heterocycles. The van der Waals surface area contributed by atoms with Gasteiger partial charge in [-0.3, -0.25) is 0 Å². The Labute approximate surface area is 120 Å². The monoisotopic (exact) mass is 298 g/mol. The van der Waals surface area contributed by atoms with Crippen LogP contribution in [0.2, 0.25) is 5.02 Å². The van der Waals surface area contributed by atoms with Gasteiger partial charge in [-0.15, -0.1) is 0 Å². The summed E-state index contributed by atoms with van der Waals surface area (Å²) in [5, 5.41) is 3.06. The molecule has 0 radical (unpaired) electrons. The predicted molar refractivity (Wildman–Crippen MR) is 74.9 cm³/mol. The second kappa shape index (κ2) is 6.47. The Hall–Kier alpha value is -1.95. The van der Waals surface area contributed by atoms with Gasteiger partial charge in [0.15, 0.2) is 12.3 Å². The third-order valence-corrected chi connectivity index (χ3v) is 2.99. The van der Waals surface area contributed by atoms with Crippen molar-refractivity contribution >= 4 is 28.8 Å². The first-order chi connectivity index (χ1) is 9.61. The average Bonchev–Trinajstić information content (AvgIpc) is 2.71. The van der Waals surface area contributed by atoms with Crippen molar-refractivity contribution in [2.24, 2.45) is 0 Å². The van der Waals surface area contributed by atoms with Gasteiger partial charge < -0.3 is 14.5 Å². The molecule has 0 spiro atoms. The molecule has 0 saturated carbocycles. The van der Waals surface area contributed by atoms with Crippen LogP contribution in [0.25, 0.3) is 11.1 Å². The van der Waals surface area contributed by atoms with Crippen molar-refractivity contribution in [1.82, 2.24) is 9.88 Å². The maximum absolute atomic E-state index is 11.7. The molecule has 1 heterocycles. The molecule has 0 unspecified atom stereocenters. The van der Waals surface area contributed by atoms with Gasteiger partial charge in [0, 0.05) is 17.6 Å². The number of carbonyl (C=O) groups excluding carboxylic acids is 1. The number of hydrogen-bond acceptors (Lipinski definition) is 4. The minimum atomic E-state index is -0.594. The lowest BCUT2D eigenvalue weighted by molar-refractivity contribution is 0.112. The van der Waals surface area contributed by atoms with Crippen LogP contribution in [0.15, 0.2) is 27.4 Å². The molecule has 1 aromatic carbocycles. The summed E-state index contributed by atoms with van der Waals surface area (Å²) in [7, 11) is 0. The largest absolute Gasteiger partial charge is 0.428 e. The Balaban J connectivity index is 2.05. The molecule has 0 atom stereocenters. The second-order valence-electron chi connectivity index (χ2n) is 4.25. The Bertz CT molecular complexity index is 662. The normalized spacial score (nSPS) is 10.7. The van der Waals surface area contributed by atoms with Crippen LogP contribution >= 0.6 is 11.6 Å². The highest BCUT2D eigenvalue weighted by Crippen LogP contribution is 2.18. The topological polar surface area (TPSA) is 73.5 Å². The lowest BCUT2D eigenvalue weighted by Gasteiger charge is -2.06. The SMILES string of the molecule is CCCCNC(=O)OCn1c(=O)oc2cc(Cl)ccc21. The Morgan fingerprint density at radius 2 is 2.30 bits per heavy atom. The van der Waals surface area contributed by atoms with E-state index in [1.807, 2.05) is 6.92 Å². The Kier molecular flexibility index (Phi) is 4.68. The molecular weight excluding hydrogens is 284 g/mol. The molecule has 2 rings (SSSR count). The molecule has 0 aliphatic heterocycles. The summed E-state index contributed by atoms with van der Waals surface area (Å²) >= 11 is 5.81. The highest BCUT2D eigenvalue weighted by Gasteiger charge is 2.11. The third kappa shape index (κ3) is 3.33. The summed E-state index contributed by atoms with van der Waals surface area (Å²) in [5.41, 5.74) is 0.887. The molecule has 1 amide bonds. The zero-order valence-corrected chi connectivity index (χ0v) is 11.8.